The lowest BCUT2D eigenvalue weighted by molar-refractivity contribution is -0.121. The summed E-state index contributed by atoms with van der Waals surface area (Å²) in [6, 6.07) is 31.8. The van der Waals surface area contributed by atoms with Crippen LogP contribution in [0, 0.1) is 0 Å². The molecule has 3 amide bonds. The Morgan fingerprint density at radius 3 is 2.14 bits per heavy atom. The van der Waals surface area contributed by atoms with Crippen molar-refractivity contribution in [3.05, 3.63) is 126 Å². The van der Waals surface area contributed by atoms with Crippen molar-refractivity contribution in [1.29, 1.82) is 0 Å². The number of rotatable bonds is 13. The van der Waals surface area contributed by atoms with Gasteiger partial charge in [0.25, 0.3) is 11.8 Å². The van der Waals surface area contributed by atoms with Gasteiger partial charge < -0.3 is 20.1 Å². The minimum atomic E-state index is -0.547. The van der Waals surface area contributed by atoms with Gasteiger partial charge in [-0.15, -0.1) is 0 Å². The van der Waals surface area contributed by atoms with Crippen LogP contribution in [0.1, 0.15) is 40.9 Å². The highest BCUT2D eigenvalue weighted by molar-refractivity contribution is 5.95. The lowest BCUT2D eigenvalue weighted by atomic mass is 10.0. The molecule has 4 aromatic carbocycles. The molecule has 0 heterocycles. The molecule has 0 bridgehead atoms. The number of ether oxygens (including phenoxy) is 2. The molecule has 0 radical (unpaired) electrons. The number of amides is 3. The van der Waals surface area contributed by atoms with Crippen LogP contribution in [-0.4, -0.2) is 37.1 Å². The van der Waals surface area contributed by atoms with Crippen LogP contribution in [0.2, 0.25) is 0 Å². The Balaban J connectivity index is 1.35. The lowest BCUT2D eigenvalue weighted by Crippen LogP contribution is -2.32. The molecule has 0 aliphatic carbocycles. The van der Waals surface area contributed by atoms with Crippen molar-refractivity contribution in [2.24, 2.45) is 5.10 Å². The summed E-state index contributed by atoms with van der Waals surface area (Å²) in [5, 5.41) is 9.79. The van der Waals surface area contributed by atoms with Crippen molar-refractivity contribution in [2.45, 2.75) is 19.4 Å². The lowest BCUT2D eigenvalue weighted by Gasteiger charge is -2.18. The number of hydrogen-bond donors (Lipinski definition) is 3. The first-order chi connectivity index (χ1) is 20.5. The quantitative estimate of drug-likeness (QED) is 0.154. The zero-order valence-corrected chi connectivity index (χ0v) is 23.2. The van der Waals surface area contributed by atoms with Crippen molar-refractivity contribution < 1.29 is 23.9 Å². The Kier molecular flexibility index (Phi) is 10.8. The molecule has 0 fully saturated rings. The summed E-state index contributed by atoms with van der Waals surface area (Å²) in [6.07, 6.45) is 1.47. The second-order valence-corrected chi connectivity index (χ2v) is 9.14. The molecule has 9 heteroatoms. The molecule has 0 unspecified atom stereocenters. The number of para-hydroxylation sites is 1. The predicted molar refractivity (Wildman–Crippen MR) is 162 cm³/mol. The molecule has 3 N–H and O–H groups in total. The number of carbonyl (C=O) groups excluding carboxylic acids is 3. The molecule has 0 saturated carbocycles. The van der Waals surface area contributed by atoms with Crippen molar-refractivity contribution in [3.63, 3.8) is 0 Å². The van der Waals surface area contributed by atoms with Gasteiger partial charge in [0.1, 0.15) is 0 Å². The summed E-state index contributed by atoms with van der Waals surface area (Å²) in [6.45, 7) is 2.04. The highest BCUT2D eigenvalue weighted by Gasteiger charge is 2.19. The van der Waals surface area contributed by atoms with Gasteiger partial charge in [0.15, 0.2) is 18.1 Å². The maximum atomic E-state index is 12.8. The highest BCUT2D eigenvalue weighted by atomic mass is 16.5. The monoisotopic (exact) mass is 564 g/mol. The van der Waals surface area contributed by atoms with Gasteiger partial charge in [0, 0.05) is 11.3 Å². The average Bonchev–Trinajstić information content (AvgIpc) is 3.02. The molecule has 0 aromatic heterocycles. The van der Waals surface area contributed by atoms with Gasteiger partial charge in [-0.05, 0) is 60.5 Å². The topological polar surface area (TPSA) is 118 Å². The fourth-order valence-electron chi connectivity index (χ4n) is 4.03. The van der Waals surface area contributed by atoms with Crippen LogP contribution in [0.15, 0.2) is 114 Å². The van der Waals surface area contributed by atoms with Crippen LogP contribution in [-0.2, 0) is 9.59 Å². The minimum Gasteiger partial charge on any atom is -0.490 e. The van der Waals surface area contributed by atoms with E-state index in [0.29, 0.717) is 34.9 Å². The van der Waals surface area contributed by atoms with Crippen molar-refractivity contribution in [3.8, 4) is 11.5 Å². The fourth-order valence-corrected chi connectivity index (χ4v) is 4.03. The minimum absolute atomic E-state index is 0.0120. The maximum Gasteiger partial charge on any atom is 0.262 e. The first-order valence-electron chi connectivity index (χ1n) is 13.5. The van der Waals surface area contributed by atoms with Crippen LogP contribution < -0.4 is 25.5 Å². The van der Waals surface area contributed by atoms with E-state index in [1.54, 1.807) is 54.6 Å². The van der Waals surface area contributed by atoms with E-state index in [-0.39, 0.29) is 30.7 Å². The SMILES string of the molecule is CCOc1cc(/C=N\NC(=O)C[C@H](NC(=O)c2ccccc2)c2ccccc2)ccc1OCC(=O)Nc1ccccc1. The Hall–Kier alpha value is -5.44. The molecule has 0 aliphatic heterocycles. The van der Waals surface area contributed by atoms with Crippen LogP contribution in [0.4, 0.5) is 5.69 Å². The maximum absolute atomic E-state index is 12.8. The Morgan fingerprint density at radius 2 is 1.45 bits per heavy atom. The Morgan fingerprint density at radius 1 is 0.786 bits per heavy atom. The number of nitrogens with one attached hydrogen (secondary N) is 3. The summed E-state index contributed by atoms with van der Waals surface area (Å²) in [4.78, 5) is 37.8. The summed E-state index contributed by atoms with van der Waals surface area (Å²) in [5.74, 6) is -0.105. The molecular formula is C33H32N4O5. The zero-order valence-electron chi connectivity index (χ0n) is 23.2. The van der Waals surface area contributed by atoms with Gasteiger partial charge in [-0.25, -0.2) is 5.43 Å². The molecule has 42 heavy (non-hydrogen) atoms. The number of anilines is 1. The molecule has 0 aliphatic rings. The number of hydrazone groups is 1. The first-order valence-corrected chi connectivity index (χ1v) is 13.5. The fraction of sp³-hybridized carbons (Fsp3) is 0.152. The van der Waals surface area contributed by atoms with Crippen LogP contribution in [0.25, 0.3) is 0 Å². The van der Waals surface area contributed by atoms with Gasteiger partial charge in [-0.3, -0.25) is 14.4 Å². The van der Waals surface area contributed by atoms with E-state index >= 15 is 0 Å². The smallest absolute Gasteiger partial charge is 0.262 e. The largest absolute Gasteiger partial charge is 0.490 e. The van der Waals surface area contributed by atoms with Crippen molar-refractivity contribution in [1.82, 2.24) is 10.7 Å². The normalized spacial score (nSPS) is 11.4. The molecule has 9 nitrogen and oxygen atoms in total. The summed E-state index contributed by atoms with van der Waals surface area (Å²) < 4.78 is 11.4. The standard InChI is InChI=1S/C33H32N4O5/c1-2-41-30-20-24(18-19-29(30)42-23-32(39)35-27-16-10-5-11-17-27)22-34-37-31(38)21-28(25-12-6-3-7-13-25)36-33(40)26-14-8-4-9-15-26/h3-20,22,28H,2,21,23H2,1H3,(H,35,39)(H,36,40)(H,37,38)/b34-22-/t28-/m0/s1. The van der Waals surface area contributed by atoms with E-state index in [9.17, 15) is 14.4 Å². The van der Waals surface area contributed by atoms with E-state index < -0.39 is 6.04 Å². The van der Waals surface area contributed by atoms with E-state index in [4.69, 9.17) is 9.47 Å². The Labute approximate surface area is 244 Å². The Bertz CT molecular complexity index is 1500. The molecule has 4 aromatic rings. The van der Waals surface area contributed by atoms with Gasteiger partial charge >= 0.3 is 0 Å². The first kappa shape index (κ1) is 29.5. The number of hydrogen-bond acceptors (Lipinski definition) is 6. The number of nitrogens with zero attached hydrogens (tertiary/aromatic N) is 1. The summed E-state index contributed by atoms with van der Waals surface area (Å²) >= 11 is 0. The van der Waals surface area contributed by atoms with Crippen LogP contribution >= 0.6 is 0 Å². The molecular weight excluding hydrogens is 532 g/mol. The van der Waals surface area contributed by atoms with Gasteiger partial charge in [-0.2, -0.15) is 5.10 Å². The number of carbonyl (C=O) groups is 3. The second kappa shape index (κ2) is 15.4. The van der Waals surface area contributed by atoms with Gasteiger partial charge in [-0.1, -0.05) is 66.7 Å². The van der Waals surface area contributed by atoms with Crippen LogP contribution in [0.3, 0.4) is 0 Å². The molecule has 214 valence electrons. The van der Waals surface area contributed by atoms with Gasteiger partial charge in [0.05, 0.1) is 25.3 Å². The van der Waals surface area contributed by atoms with Crippen LogP contribution in [0.5, 0.6) is 11.5 Å². The molecule has 4 rings (SSSR count). The third-order valence-electron chi connectivity index (χ3n) is 6.02. The zero-order chi connectivity index (χ0) is 29.6. The van der Waals surface area contributed by atoms with E-state index in [1.165, 1.54) is 6.21 Å². The highest BCUT2D eigenvalue weighted by Crippen LogP contribution is 2.28. The van der Waals surface area contributed by atoms with E-state index in [0.717, 1.165) is 5.56 Å². The molecule has 0 saturated heterocycles. The summed E-state index contributed by atoms with van der Waals surface area (Å²) in [5.41, 5.74) is 5.16. The van der Waals surface area contributed by atoms with E-state index in [1.807, 2.05) is 61.5 Å². The number of benzene rings is 4. The van der Waals surface area contributed by atoms with Gasteiger partial charge in [0.2, 0.25) is 5.91 Å². The average molecular weight is 565 g/mol. The summed E-state index contributed by atoms with van der Waals surface area (Å²) in [7, 11) is 0. The second-order valence-electron chi connectivity index (χ2n) is 9.14. The molecule has 1 atom stereocenters. The predicted octanol–water partition coefficient (Wildman–Crippen LogP) is 5.11. The molecule has 0 spiro atoms. The third-order valence-corrected chi connectivity index (χ3v) is 6.02. The third kappa shape index (κ3) is 9.06. The van der Waals surface area contributed by atoms with Crippen molar-refractivity contribution >= 4 is 29.6 Å². The van der Waals surface area contributed by atoms with Crippen molar-refractivity contribution in [2.75, 3.05) is 18.5 Å². The van der Waals surface area contributed by atoms with E-state index in [2.05, 4.69) is 21.2 Å².